The van der Waals surface area contributed by atoms with Crippen molar-refractivity contribution >= 4 is 74.6 Å². The first-order valence-electron chi connectivity index (χ1n) is 22.1. The van der Waals surface area contributed by atoms with Crippen molar-refractivity contribution in [2.45, 2.75) is 0 Å². The van der Waals surface area contributed by atoms with Crippen molar-refractivity contribution in [1.82, 2.24) is 9.97 Å². The number of nitrogens with zero attached hydrogens (tertiary/aromatic N) is 2. The highest BCUT2D eigenvalue weighted by molar-refractivity contribution is 7.25. The molecule has 0 radical (unpaired) electrons. The third-order valence-electron chi connectivity index (χ3n) is 13.2. The minimum atomic E-state index is 1.08. The van der Waals surface area contributed by atoms with Crippen LogP contribution in [0.3, 0.4) is 0 Å². The monoisotopic (exact) mass is 842 g/mol. The van der Waals surface area contributed by atoms with Crippen molar-refractivity contribution in [2.75, 3.05) is 0 Å². The summed E-state index contributed by atoms with van der Waals surface area (Å²) in [6, 6.07) is 76.0. The first-order chi connectivity index (χ1) is 32.2. The first-order valence-corrected chi connectivity index (χ1v) is 22.9. The van der Waals surface area contributed by atoms with Crippen LogP contribution in [-0.4, -0.2) is 9.97 Å². The summed E-state index contributed by atoms with van der Waals surface area (Å²) in [7, 11) is 0. The molecule has 0 aliphatic carbocycles. The fourth-order valence-electron chi connectivity index (χ4n) is 10.4. The highest BCUT2D eigenvalue weighted by Gasteiger charge is 2.21. The molecule has 0 bridgehead atoms. The van der Waals surface area contributed by atoms with Gasteiger partial charge in [0.25, 0.3) is 0 Å². The van der Waals surface area contributed by atoms with Gasteiger partial charge in [0.05, 0.1) is 0 Å². The molecule has 0 aliphatic rings. The molecule has 65 heavy (non-hydrogen) atoms. The Morgan fingerprint density at radius 3 is 1.11 bits per heavy atom. The first kappa shape index (κ1) is 37.3. The van der Waals surface area contributed by atoms with Gasteiger partial charge < -0.3 is 0 Å². The van der Waals surface area contributed by atoms with Gasteiger partial charge in [-0.3, -0.25) is 9.97 Å². The predicted molar refractivity (Wildman–Crippen MR) is 278 cm³/mol. The minimum Gasteiger partial charge on any atom is -0.264 e. The van der Waals surface area contributed by atoms with Gasteiger partial charge in [0, 0.05) is 56.1 Å². The molecule has 2 nitrogen and oxygen atoms in total. The highest BCUT2D eigenvalue weighted by atomic mass is 32.1. The van der Waals surface area contributed by atoms with Gasteiger partial charge in [-0.25, -0.2) is 0 Å². The lowest BCUT2D eigenvalue weighted by molar-refractivity contribution is 1.32. The van der Waals surface area contributed by atoms with Gasteiger partial charge in [-0.1, -0.05) is 158 Å². The molecule has 0 amide bonds. The van der Waals surface area contributed by atoms with Crippen LogP contribution in [0.1, 0.15) is 0 Å². The molecule has 302 valence electrons. The van der Waals surface area contributed by atoms with Crippen LogP contribution in [0.5, 0.6) is 0 Å². The van der Waals surface area contributed by atoms with Crippen molar-refractivity contribution in [3.63, 3.8) is 0 Å². The summed E-state index contributed by atoms with van der Waals surface area (Å²) in [6.07, 6.45) is 7.56. The van der Waals surface area contributed by atoms with Crippen LogP contribution in [0.4, 0.5) is 0 Å². The minimum absolute atomic E-state index is 1.08. The van der Waals surface area contributed by atoms with Crippen molar-refractivity contribution in [3.05, 3.63) is 231 Å². The second-order valence-corrected chi connectivity index (χ2v) is 17.9. The lowest BCUT2D eigenvalue weighted by Crippen LogP contribution is -1.92. The Bertz CT molecular complexity index is 3810. The van der Waals surface area contributed by atoms with E-state index in [4.69, 9.17) is 0 Å². The van der Waals surface area contributed by atoms with Crippen LogP contribution in [0.15, 0.2) is 231 Å². The van der Waals surface area contributed by atoms with Gasteiger partial charge in [-0.2, -0.15) is 0 Å². The average molecular weight is 843 g/mol. The van der Waals surface area contributed by atoms with Gasteiger partial charge in [-0.05, 0) is 147 Å². The zero-order chi connectivity index (χ0) is 42.8. The Kier molecular flexibility index (Phi) is 8.75. The van der Waals surface area contributed by atoms with Gasteiger partial charge in [-0.15, -0.1) is 11.3 Å². The molecule has 13 rings (SSSR count). The Balaban J connectivity index is 0.996. The molecule has 3 heterocycles. The molecule has 0 spiro atoms. The molecule has 0 saturated carbocycles. The molecular formula is C62H38N2S. The fraction of sp³-hybridized carbons (Fsp3) is 0. The van der Waals surface area contributed by atoms with E-state index in [-0.39, 0.29) is 0 Å². The summed E-state index contributed by atoms with van der Waals surface area (Å²) in [5.41, 5.74) is 14.3. The van der Waals surface area contributed by atoms with Gasteiger partial charge in [0.2, 0.25) is 0 Å². The lowest BCUT2D eigenvalue weighted by Gasteiger charge is -2.19. The number of fused-ring (bicyclic) bond motifs is 7. The van der Waals surface area contributed by atoms with Crippen LogP contribution in [-0.2, 0) is 0 Å². The summed E-state index contributed by atoms with van der Waals surface area (Å²) < 4.78 is 2.58. The second-order valence-electron chi connectivity index (χ2n) is 16.9. The molecule has 0 fully saturated rings. The Hall–Kier alpha value is -8.24. The zero-order valence-electron chi connectivity index (χ0n) is 35.2. The maximum absolute atomic E-state index is 4.49. The lowest BCUT2D eigenvalue weighted by atomic mass is 9.84. The Morgan fingerprint density at radius 1 is 0.231 bits per heavy atom. The molecule has 0 unspecified atom stereocenters. The number of aromatic nitrogens is 2. The fourth-order valence-corrected chi connectivity index (χ4v) is 11.5. The van der Waals surface area contributed by atoms with E-state index in [1.807, 2.05) is 48.3 Å². The number of hydrogen-bond acceptors (Lipinski definition) is 3. The maximum Gasteiger partial charge on any atom is 0.0361 e. The van der Waals surface area contributed by atoms with Crippen LogP contribution < -0.4 is 0 Å². The molecule has 13 aromatic rings. The average Bonchev–Trinajstić information content (AvgIpc) is 3.75. The predicted octanol–water partition coefficient (Wildman–Crippen LogP) is 17.5. The number of pyridine rings is 2. The molecular weight excluding hydrogens is 805 g/mol. The van der Waals surface area contributed by atoms with E-state index in [1.54, 1.807) is 0 Å². The van der Waals surface area contributed by atoms with Gasteiger partial charge in [0.15, 0.2) is 0 Å². The number of benzene rings is 10. The summed E-state index contributed by atoms with van der Waals surface area (Å²) in [5.74, 6) is 0. The summed E-state index contributed by atoms with van der Waals surface area (Å²) in [4.78, 5) is 8.98. The third kappa shape index (κ3) is 6.16. The van der Waals surface area contributed by atoms with E-state index in [1.165, 1.54) is 102 Å². The van der Waals surface area contributed by atoms with Crippen LogP contribution in [0.2, 0.25) is 0 Å². The maximum atomic E-state index is 4.49. The summed E-state index contributed by atoms with van der Waals surface area (Å²) in [6.45, 7) is 0. The molecule has 3 aromatic heterocycles. The molecule has 0 atom stereocenters. The second kappa shape index (κ2) is 15.2. The molecule has 0 N–H and O–H groups in total. The molecule has 10 aromatic carbocycles. The molecule has 0 saturated heterocycles. The summed E-state index contributed by atoms with van der Waals surface area (Å²) in [5, 5.41) is 12.6. The quantitative estimate of drug-likeness (QED) is 0.156. The normalized spacial score (nSPS) is 11.7. The largest absolute Gasteiger partial charge is 0.264 e. The van der Waals surface area contributed by atoms with Crippen molar-refractivity contribution < 1.29 is 0 Å². The van der Waals surface area contributed by atoms with Crippen LogP contribution >= 0.6 is 11.3 Å². The topological polar surface area (TPSA) is 25.8 Å². The van der Waals surface area contributed by atoms with E-state index in [0.29, 0.717) is 0 Å². The van der Waals surface area contributed by atoms with Gasteiger partial charge in [0.1, 0.15) is 0 Å². The summed E-state index contributed by atoms with van der Waals surface area (Å²) >= 11 is 1.88. The third-order valence-corrected chi connectivity index (χ3v) is 14.3. The van der Waals surface area contributed by atoms with E-state index < -0.39 is 0 Å². The standard InChI is InChI=1S/C62H38N2S/c1-2-14-39(15-3-1)59-48-18-4-6-20-50(48)61(51-21-7-5-19-49(51)59)41-26-28-47-56-35-40(27-29-57(56)65-58(47)36-41)60-52-22-8-10-24-54(52)62(55-25-11-9-23-53(55)60)46-33-44(42-16-12-30-63-37-42)32-45(34-46)43-17-13-31-64-38-43/h1-38H. The van der Waals surface area contributed by atoms with Crippen molar-refractivity contribution in [1.29, 1.82) is 0 Å². The Labute approximate surface area is 380 Å². The SMILES string of the molecule is c1ccc(-c2c3ccccc3c(-c3ccc4c(c3)sc3ccc(-c5c6ccccc6c(-c6cc(-c7cccnc7)cc(-c7cccnc7)c6)c6ccccc56)cc34)c3ccccc23)cc1. The number of rotatable bonds is 6. The zero-order valence-corrected chi connectivity index (χ0v) is 36.1. The number of hydrogen-bond donors (Lipinski definition) is 0. The van der Waals surface area contributed by atoms with E-state index in [0.717, 1.165) is 27.8 Å². The highest BCUT2D eigenvalue weighted by Crippen LogP contribution is 2.48. The van der Waals surface area contributed by atoms with Crippen LogP contribution in [0.25, 0.3) is 130 Å². The smallest absolute Gasteiger partial charge is 0.0361 e. The van der Waals surface area contributed by atoms with Crippen molar-refractivity contribution in [3.8, 4) is 66.8 Å². The van der Waals surface area contributed by atoms with E-state index in [2.05, 4.69) is 204 Å². The van der Waals surface area contributed by atoms with Crippen LogP contribution in [0, 0.1) is 0 Å². The molecule has 3 heteroatoms. The van der Waals surface area contributed by atoms with Crippen molar-refractivity contribution in [2.24, 2.45) is 0 Å². The molecule has 0 aliphatic heterocycles. The van der Waals surface area contributed by atoms with Gasteiger partial charge >= 0.3 is 0 Å². The Morgan fingerprint density at radius 2 is 0.631 bits per heavy atom. The van der Waals surface area contributed by atoms with E-state index in [9.17, 15) is 0 Å². The number of thiophene rings is 1. The van der Waals surface area contributed by atoms with E-state index >= 15 is 0 Å².